The minimum atomic E-state index is -0.438. The minimum Gasteiger partial charge on any atom is -0.497 e. The second kappa shape index (κ2) is 11.1. The molecule has 1 atom stereocenters. The Morgan fingerprint density at radius 1 is 1.20 bits per heavy atom. The van der Waals surface area contributed by atoms with Crippen LogP contribution in [0.3, 0.4) is 0 Å². The van der Waals surface area contributed by atoms with Gasteiger partial charge in [-0.25, -0.2) is 4.98 Å². The lowest BCUT2D eigenvalue weighted by Gasteiger charge is -2.30. The van der Waals surface area contributed by atoms with E-state index in [1.807, 2.05) is 41.5 Å². The highest BCUT2D eigenvalue weighted by molar-refractivity contribution is 7.10. The van der Waals surface area contributed by atoms with Crippen molar-refractivity contribution in [3.05, 3.63) is 86.1 Å². The van der Waals surface area contributed by atoms with E-state index in [4.69, 9.17) is 21.3 Å². The molecular formula is C27H28ClN3O3S. The standard InChI is InChI=1S/C27H28ClN3O3S/c1-4-5-14-30(25(32)17-22-7-6-15-35-22)18(2)26-29-24-16-19(28)8-13-23(24)27(33)31(26)20-9-11-21(34-3)12-10-20/h6-13,15-16,18H,4-5,14,17H2,1-3H3. The number of hydrogen-bond donors (Lipinski definition) is 0. The first-order valence-corrected chi connectivity index (χ1v) is 12.9. The molecule has 4 rings (SSSR count). The zero-order valence-corrected chi connectivity index (χ0v) is 21.6. The molecule has 1 amide bonds. The topological polar surface area (TPSA) is 64.4 Å². The van der Waals surface area contributed by atoms with E-state index < -0.39 is 6.04 Å². The predicted octanol–water partition coefficient (Wildman–Crippen LogP) is 6.04. The summed E-state index contributed by atoms with van der Waals surface area (Å²) in [6.45, 7) is 4.60. The number of methoxy groups -OCH3 is 1. The maximum atomic E-state index is 13.7. The maximum Gasteiger partial charge on any atom is 0.266 e. The average Bonchev–Trinajstić information content (AvgIpc) is 3.37. The average molecular weight is 510 g/mol. The number of nitrogens with zero attached hydrogens (tertiary/aromatic N) is 3. The third kappa shape index (κ3) is 5.41. The first-order chi connectivity index (χ1) is 16.9. The van der Waals surface area contributed by atoms with Crippen LogP contribution in [0.4, 0.5) is 0 Å². The molecule has 2 heterocycles. The van der Waals surface area contributed by atoms with Crippen molar-refractivity contribution >= 4 is 39.7 Å². The van der Waals surface area contributed by atoms with Crippen LogP contribution in [0.1, 0.15) is 43.4 Å². The number of amides is 1. The zero-order valence-electron chi connectivity index (χ0n) is 20.0. The predicted molar refractivity (Wildman–Crippen MR) is 142 cm³/mol. The van der Waals surface area contributed by atoms with Crippen molar-refractivity contribution in [2.24, 2.45) is 0 Å². The summed E-state index contributed by atoms with van der Waals surface area (Å²) in [6.07, 6.45) is 2.12. The van der Waals surface area contributed by atoms with E-state index in [1.165, 1.54) is 0 Å². The van der Waals surface area contributed by atoms with Gasteiger partial charge >= 0.3 is 0 Å². The van der Waals surface area contributed by atoms with E-state index >= 15 is 0 Å². The molecule has 0 aliphatic heterocycles. The Morgan fingerprint density at radius 3 is 2.63 bits per heavy atom. The first-order valence-electron chi connectivity index (χ1n) is 11.6. The quantitative estimate of drug-likeness (QED) is 0.276. The number of carbonyl (C=O) groups is 1. The lowest BCUT2D eigenvalue weighted by Crippen LogP contribution is -2.38. The molecule has 0 fully saturated rings. The van der Waals surface area contributed by atoms with Gasteiger partial charge in [0, 0.05) is 16.4 Å². The third-order valence-corrected chi connectivity index (χ3v) is 7.12. The Balaban J connectivity index is 1.86. The van der Waals surface area contributed by atoms with Crippen LogP contribution in [0.25, 0.3) is 16.6 Å². The van der Waals surface area contributed by atoms with Gasteiger partial charge in [0.05, 0.1) is 36.2 Å². The van der Waals surface area contributed by atoms with E-state index in [1.54, 1.807) is 53.3 Å². The molecule has 2 aromatic heterocycles. The fourth-order valence-electron chi connectivity index (χ4n) is 4.10. The van der Waals surface area contributed by atoms with Gasteiger partial charge < -0.3 is 9.64 Å². The second-order valence-electron chi connectivity index (χ2n) is 8.34. The van der Waals surface area contributed by atoms with Gasteiger partial charge in [0.25, 0.3) is 5.56 Å². The van der Waals surface area contributed by atoms with E-state index in [2.05, 4.69) is 6.92 Å². The van der Waals surface area contributed by atoms with Crippen LogP contribution in [0.2, 0.25) is 5.02 Å². The lowest BCUT2D eigenvalue weighted by molar-refractivity contribution is -0.132. The van der Waals surface area contributed by atoms with Crippen LogP contribution in [0, 0.1) is 0 Å². The number of halogens is 1. The Morgan fingerprint density at radius 2 is 1.97 bits per heavy atom. The smallest absolute Gasteiger partial charge is 0.266 e. The fourth-order valence-corrected chi connectivity index (χ4v) is 4.97. The number of carbonyl (C=O) groups excluding carboxylic acids is 1. The molecular weight excluding hydrogens is 482 g/mol. The molecule has 0 saturated carbocycles. The van der Waals surface area contributed by atoms with Crippen molar-refractivity contribution in [1.29, 1.82) is 0 Å². The number of unbranched alkanes of at least 4 members (excludes halogenated alkanes) is 1. The van der Waals surface area contributed by atoms with Crippen LogP contribution in [0.15, 0.2) is 64.8 Å². The molecule has 8 heteroatoms. The summed E-state index contributed by atoms with van der Waals surface area (Å²) in [7, 11) is 1.60. The molecule has 0 radical (unpaired) electrons. The number of fused-ring (bicyclic) bond motifs is 1. The largest absolute Gasteiger partial charge is 0.497 e. The normalized spacial score (nSPS) is 12.0. The van der Waals surface area contributed by atoms with Crippen molar-refractivity contribution in [1.82, 2.24) is 14.5 Å². The van der Waals surface area contributed by atoms with Gasteiger partial charge in [0.1, 0.15) is 11.6 Å². The molecule has 35 heavy (non-hydrogen) atoms. The lowest BCUT2D eigenvalue weighted by atomic mass is 10.1. The number of ether oxygens (including phenoxy) is 1. The van der Waals surface area contributed by atoms with Crippen molar-refractivity contribution in [2.45, 2.75) is 39.2 Å². The summed E-state index contributed by atoms with van der Waals surface area (Å²) in [5, 5.41) is 2.94. The van der Waals surface area contributed by atoms with Gasteiger partial charge in [0.15, 0.2) is 0 Å². The Hall–Kier alpha value is -3.16. The molecule has 1 unspecified atom stereocenters. The SMILES string of the molecule is CCCCN(C(=O)Cc1cccs1)C(C)c1nc2cc(Cl)ccc2c(=O)n1-c1ccc(OC)cc1. The maximum absolute atomic E-state index is 13.7. The zero-order chi connectivity index (χ0) is 24.9. The molecule has 6 nitrogen and oxygen atoms in total. The van der Waals surface area contributed by atoms with Crippen LogP contribution in [-0.4, -0.2) is 34.0 Å². The van der Waals surface area contributed by atoms with Gasteiger partial charge in [-0.3, -0.25) is 14.2 Å². The van der Waals surface area contributed by atoms with Gasteiger partial charge in [-0.05, 0) is 67.3 Å². The summed E-state index contributed by atoms with van der Waals surface area (Å²) in [6, 6.07) is 15.8. The second-order valence-corrected chi connectivity index (χ2v) is 9.81. The molecule has 0 saturated heterocycles. The Bertz CT molecular complexity index is 1370. The van der Waals surface area contributed by atoms with Crippen molar-refractivity contribution in [3.8, 4) is 11.4 Å². The van der Waals surface area contributed by atoms with Gasteiger partial charge in [0.2, 0.25) is 5.91 Å². The molecule has 2 aromatic carbocycles. The van der Waals surface area contributed by atoms with Crippen molar-refractivity contribution < 1.29 is 9.53 Å². The number of thiophene rings is 1. The Kier molecular flexibility index (Phi) is 7.88. The van der Waals surface area contributed by atoms with E-state index in [9.17, 15) is 9.59 Å². The summed E-state index contributed by atoms with van der Waals surface area (Å²) in [5.74, 6) is 1.19. The number of benzene rings is 2. The van der Waals surface area contributed by atoms with Gasteiger partial charge in [-0.1, -0.05) is 31.0 Å². The van der Waals surface area contributed by atoms with Crippen LogP contribution >= 0.6 is 22.9 Å². The highest BCUT2D eigenvalue weighted by atomic mass is 35.5. The third-order valence-electron chi connectivity index (χ3n) is 6.01. The van der Waals surface area contributed by atoms with E-state index in [0.717, 1.165) is 17.7 Å². The van der Waals surface area contributed by atoms with Crippen LogP contribution < -0.4 is 10.3 Å². The monoisotopic (exact) mass is 509 g/mol. The molecule has 0 spiro atoms. The molecule has 0 bridgehead atoms. The number of aromatic nitrogens is 2. The summed E-state index contributed by atoms with van der Waals surface area (Å²) < 4.78 is 6.89. The van der Waals surface area contributed by atoms with Crippen molar-refractivity contribution in [2.75, 3.05) is 13.7 Å². The number of hydrogen-bond acceptors (Lipinski definition) is 5. The molecule has 0 aliphatic rings. The Labute approximate surface area is 213 Å². The summed E-state index contributed by atoms with van der Waals surface area (Å²) >= 11 is 7.79. The number of rotatable bonds is 9. The van der Waals surface area contributed by atoms with E-state index in [-0.39, 0.29) is 11.5 Å². The van der Waals surface area contributed by atoms with Gasteiger partial charge in [-0.2, -0.15) is 0 Å². The molecule has 4 aromatic rings. The molecule has 0 N–H and O–H groups in total. The van der Waals surface area contributed by atoms with Crippen LogP contribution in [0.5, 0.6) is 5.75 Å². The molecule has 182 valence electrons. The molecule has 0 aliphatic carbocycles. The highest BCUT2D eigenvalue weighted by Crippen LogP contribution is 2.26. The summed E-state index contributed by atoms with van der Waals surface area (Å²) in [5.41, 5.74) is 0.957. The highest BCUT2D eigenvalue weighted by Gasteiger charge is 2.27. The minimum absolute atomic E-state index is 0.00937. The van der Waals surface area contributed by atoms with Gasteiger partial charge in [-0.15, -0.1) is 11.3 Å². The first kappa shape index (κ1) is 24.9. The fraction of sp³-hybridized carbons (Fsp3) is 0.296. The van der Waals surface area contributed by atoms with Crippen LogP contribution in [-0.2, 0) is 11.2 Å². The summed E-state index contributed by atoms with van der Waals surface area (Å²) in [4.78, 5) is 34.9. The van der Waals surface area contributed by atoms with E-state index in [0.29, 0.717) is 46.2 Å². The van der Waals surface area contributed by atoms with Crippen molar-refractivity contribution in [3.63, 3.8) is 0 Å².